The summed E-state index contributed by atoms with van der Waals surface area (Å²) >= 11 is 3.83. The molecule has 0 N–H and O–H groups in total. The molecule has 0 aliphatic carbocycles. The third kappa shape index (κ3) is 6.55. The highest BCUT2D eigenvalue weighted by molar-refractivity contribution is 7.98. The van der Waals surface area contributed by atoms with Crippen LogP contribution in [0.3, 0.4) is 0 Å². The van der Waals surface area contributed by atoms with Crippen LogP contribution < -0.4 is 9.47 Å². The molecular weight excluding hydrogens is 460 g/mol. The number of benzene rings is 2. The van der Waals surface area contributed by atoms with E-state index in [1.165, 1.54) is 22.3 Å². The van der Waals surface area contributed by atoms with Crippen LogP contribution in [0.5, 0.6) is 11.5 Å². The normalized spacial score (nSPS) is 13.4. The lowest BCUT2D eigenvalue weighted by Crippen LogP contribution is -2.00. The van der Waals surface area contributed by atoms with Crippen LogP contribution in [0, 0.1) is 0 Å². The lowest BCUT2D eigenvalue weighted by atomic mass is 10.1. The summed E-state index contributed by atoms with van der Waals surface area (Å²) in [6, 6.07) is 25.1. The van der Waals surface area contributed by atoms with Crippen molar-refractivity contribution in [3.63, 3.8) is 0 Å². The van der Waals surface area contributed by atoms with Crippen molar-refractivity contribution in [2.75, 3.05) is 0 Å². The largest absolute Gasteiger partial charge is 0.487 e. The molecule has 0 amide bonds. The number of thioether (sulfide) groups is 2. The lowest BCUT2D eigenvalue weighted by molar-refractivity contribution is 0.301. The molecule has 0 saturated carbocycles. The highest BCUT2D eigenvalue weighted by Crippen LogP contribution is 2.30. The van der Waals surface area contributed by atoms with E-state index in [-0.39, 0.29) is 0 Å². The molecule has 1 aliphatic heterocycles. The highest BCUT2D eigenvalue weighted by Gasteiger charge is 2.09. The molecule has 172 valence electrons. The first-order valence-electron chi connectivity index (χ1n) is 11.3. The monoisotopic (exact) mass is 486 g/mol. The van der Waals surface area contributed by atoms with E-state index in [0.29, 0.717) is 13.2 Å². The first-order valence-corrected chi connectivity index (χ1v) is 13.6. The third-order valence-corrected chi connectivity index (χ3v) is 7.50. The van der Waals surface area contributed by atoms with E-state index in [4.69, 9.17) is 9.47 Å². The predicted molar refractivity (Wildman–Crippen MR) is 140 cm³/mol. The molecule has 4 bridgehead atoms. The summed E-state index contributed by atoms with van der Waals surface area (Å²) in [5, 5.41) is 0. The zero-order valence-electron chi connectivity index (χ0n) is 18.9. The zero-order valence-corrected chi connectivity index (χ0v) is 20.5. The average Bonchev–Trinajstić information content (AvgIpc) is 2.87. The van der Waals surface area contributed by atoms with Crippen molar-refractivity contribution in [2.45, 2.75) is 36.2 Å². The molecule has 2 aromatic carbocycles. The first-order chi connectivity index (χ1) is 16.8. The number of hydrogen-bond acceptors (Lipinski definition) is 6. The van der Waals surface area contributed by atoms with Crippen LogP contribution in [0.4, 0.5) is 0 Å². The molecule has 0 radical (unpaired) electrons. The number of aromatic nitrogens is 2. The average molecular weight is 487 g/mol. The van der Waals surface area contributed by atoms with Crippen molar-refractivity contribution < 1.29 is 9.47 Å². The summed E-state index contributed by atoms with van der Waals surface area (Å²) in [6.07, 6.45) is 3.60. The van der Waals surface area contributed by atoms with Gasteiger partial charge in [-0.3, -0.25) is 9.97 Å². The van der Waals surface area contributed by atoms with Gasteiger partial charge in [-0.15, -0.1) is 0 Å². The molecule has 0 saturated heterocycles. The van der Waals surface area contributed by atoms with Gasteiger partial charge in [0, 0.05) is 35.4 Å². The predicted octanol–water partition coefficient (Wildman–Crippen LogP) is 6.81. The maximum atomic E-state index is 6.09. The minimum Gasteiger partial charge on any atom is -0.487 e. The number of fused-ring (bicyclic) bond motifs is 4. The van der Waals surface area contributed by atoms with Gasteiger partial charge in [-0.2, -0.15) is 23.5 Å². The summed E-state index contributed by atoms with van der Waals surface area (Å²) in [5.41, 5.74) is 7.05. The summed E-state index contributed by atoms with van der Waals surface area (Å²) < 4.78 is 12.2. The minimum absolute atomic E-state index is 0.482. The van der Waals surface area contributed by atoms with Crippen molar-refractivity contribution in [1.29, 1.82) is 0 Å². The number of pyridine rings is 2. The van der Waals surface area contributed by atoms with Crippen LogP contribution >= 0.6 is 23.5 Å². The number of nitrogens with zero attached hydrogens (tertiary/aromatic N) is 2. The van der Waals surface area contributed by atoms with Gasteiger partial charge in [-0.25, -0.2) is 0 Å². The summed E-state index contributed by atoms with van der Waals surface area (Å²) in [7, 11) is 0. The van der Waals surface area contributed by atoms with Crippen LogP contribution in [-0.2, 0) is 36.2 Å². The third-order valence-electron chi connectivity index (χ3n) is 5.35. The SMILES string of the molecule is c1ccc(COc2cc3cc(c2)CSCc2cc(cc(OCc4ccccn4)c2)CSC3)nc1. The Morgan fingerprint density at radius 2 is 0.971 bits per heavy atom. The number of ether oxygens (including phenoxy) is 2. The highest BCUT2D eigenvalue weighted by atomic mass is 32.2. The van der Waals surface area contributed by atoms with Gasteiger partial charge in [0.25, 0.3) is 0 Å². The van der Waals surface area contributed by atoms with Gasteiger partial charge < -0.3 is 9.47 Å². The fourth-order valence-electron chi connectivity index (χ4n) is 3.81. The van der Waals surface area contributed by atoms with Gasteiger partial charge in [0.15, 0.2) is 0 Å². The molecule has 0 spiro atoms. The smallest absolute Gasteiger partial charge is 0.130 e. The maximum Gasteiger partial charge on any atom is 0.130 e. The summed E-state index contributed by atoms with van der Waals surface area (Å²) in [4.78, 5) is 8.72. The molecule has 4 nitrogen and oxygen atoms in total. The molecule has 6 heteroatoms. The lowest BCUT2D eigenvalue weighted by Gasteiger charge is -2.14. The topological polar surface area (TPSA) is 44.2 Å². The Hall–Kier alpha value is -2.96. The fourth-order valence-corrected chi connectivity index (χ4v) is 5.63. The molecule has 0 fully saturated rings. The second-order valence-corrected chi connectivity index (χ2v) is 10.1. The Balaban J connectivity index is 1.27. The standard InChI is InChI=1S/C28H26N2O2S2/c1-3-7-29-25(5-1)15-31-27-11-21-9-22(12-27)18-34-20-24-10-23(19-33-17-21)13-28(14-24)32-16-26-6-2-4-8-30-26/h1-14H,15-20H2. The Labute approximate surface area is 209 Å². The first kappa shape index (κ1) is 22.8. The van der Waals surface area contributed by atoms with Crippen molar-refractivity contribution in [1.82, 2.24) is 9.97 Å². The molecule has 1 aliphatic rings. The van der Waals surface area contributed by atoms with Gasteiger partial charge in [-0.05, 0) is 70.8 Å². The van der Waals surface area contributed by atoms with Gasteiger partial charge in [0.05, 0.1) is 11.4 Å². The second-order valence-electron chi connectivity index (χ2n) is 8.18. The Bertz CT molecular complexity index is 1080. The summed E-state index contributed by atoms with van der Waals surface area (Å²) in [6.45, 7) is 0.964. The van der Waals surface area contributed by atoms with E-state index >= 15 is 0 Å². The molecule has 0 atom stereocenters. The van der Waals surface area contributed by atoms with E-state index in [9.17, 15) is 0 Å². The maximum absolute atomic E-state index is 6.09. The van der Waals surface area contributed by atoms with Gasteiger partial charge >= 0.3 is 0 Å². The molecule has 0 unspecified atom stereocenters. The van der Waals surface area contributed by atoms with Crippen LogP contribution in [-0.4, -0.2) is 9.97 Å². The number of rotatable bonds is 6. The van der Waals surface area contributed by atoms with E-state index in [1.54, 1.807) is 12.4 Å². The quantitative estimate of drug-likeness (QED) is 0.298. The van der Waals surface area contributed by atoms with Crippen LogP contribution in [0.2, 0.25) is 0 Å². The molecule has 34 heavy (non-hydrogen) atoms. The Morgan fingerprint density at radius 1 is 0.559 bits per heavy atom. The second kappa shape index (κ2) is 11.4. The van der Waals surface area contributed by atoms with E-state index in [2.05, 4.69) is 46.4 Å². The van der Waals surface area contributed by atoms with E-state index < -0.39 is 0 Å². The van der Waals surface area contributed by atoms with Crippen LogP contribution in [0.25, 0.3) is 0 Å². The van der Waals surface area contributed by atoms with E-state index in [0.717, 1.165) is 45.9 Å². The molecule has 5 rings (SSSR count). The Morgan fingerprint density at radius 3 is 1.32 bits per heavy atom. The van der Waals surface area contributed by atoms with Crippen molar-refractivity contribution >= 4 is 23.5 Å². The van der Waals surface area contributed by atoms with Gasteiger partial charge in [0.1, 0.15) is 24.7 Å². The van der Waals surface area contributed by atoms with Crippen LogP contribution in [0.15, 0.2) is 85.2 Å². The molecule has 4 aromatic rings. The Kier molecular flexibility index (Phi) is 7.68. The van der Waals surface area contributed by atoms with Crippen molar-refractivity contribution in [2.24, 2.45) is 0 Å². The molecule has 3 heterocycles. The van der Waals surface area contributed by atoms with Crippen LogP contribution in [0.1, 0.15) is 33.6 Å². The minimum atomic E-state index is 0.482. The van der Waals surface area contributed by atoms with E-state index in [1.807, 2.05) is 59.9 Å². The number of hydrogen-bond donors (Lipinski definition) is 0. The van der Waals surface area contributed by atoms with Crippen molar-refractivity contribution in [3.05, 3.63) is 119 Å². The molecule has 2 aromatic heterocycles. The van der Waals surface area contributed by atoms with Crippen molar-refractivity contribution in [3.8, 4) is 11.5 Å². The summed E-state index contributed by atoms with van der Waals surface area (Å²) in [5.74, 6) is 5.58. The zero-order chi connectivity index (χ0) is 23.0. The fraction of sp³-hybridized carbons (Fsp3) is 0.214. The van der Waals surface area contributed by atoms with Gasteiger partial charge in [-0.1, -0.05) is 24.3 Å². The molecular formula is C28H26N2O2S2. The van der Waals surface area contributed by atoms with Gasteiger partial charge in [0.2, 0.25) is 0 Å².